The third-order valence-corrected chi connectivity index (χ3v) is 7.31. The van der Waals surface area contributed by atoms with E-state index in [1.165, 1.54) is 0 Å². The largest absolute Gasteiger partial charge is 0.351 e. The maximum atomic E-state index is 13.6. The summed E-state index contributed by atoms with van der Waals surface area (Å²) in [5.74, 6) is -4.93. The molecule has 0 spiro atoms. The molecule has 2 aliphatic carbocycles. The molecule has 39 heavy (non-hydrogen) atoms. The van der Waals surface area contributed by atoms with Gasteiger partial charge in [0.05, 0.1) is 5.71 Å². The predicted molar refractivity (Wildman–Crippen MR) is 151 cm³/mol. The van der Waals surface area contributed by atoms with Crippen LogP contribution < -0.4 is 10.6 Å². The average Bonchev–Trinajstić information content (AvgIpc) is 2.93. The van der Waals surface area contributed by atoms with E-state index in [1.807, 2.05) is 51.1 Å². The maximum Gasteiger partial charge on any atom is 0.248 e. The third-order valence-electron chi connectivity index (χ3n) is 6.63. The van der Waals surface area contributed by atoms with Crippen molar-refractivity contribution in [2.24, 2.45) is 4.40 Å². The van der Waals surface area contributed by atoms with E-state index >= 15 is 0 Å². The van der Waals surface area contributed by atoms with Crippen molar-refractivity contribution in [3.63, 3.8) is 0 Å². The zero-order valence-electron chi connectivity index (χ0n) is 22.6. The molecule has 12 heteroatoms. The smallest absolute Gasteiger partial charge is 0.248 e. The standard InChI is InChI=1S/C25H31F4N7S.C2H6/c1-2-19(16-6-4-3-5-7-16)36-37-20(30)21-33-22(31-17-8-12-24(26,27)13-9-17)35-23(34-21)32-18-10-14-25(28,29)15-11-18;1-2/h3-7,17-18,30H,2,8-15H2,1H3,(H2,31,32,33,34,35);1-2H3/b30-20?,36-19+;. The van der Waals surface area contributed by atoms with Crippen molar-refractivity contribution in [2.75, 3.05) is 10.6 Å². The molecular weight excluding hydrogens is 530 g/mol. The van der Waals surface area contributed by atoms with Crippen LogP contribution in [-0.4, -0.2) is 49.6 Å². The molecule has 1 aromatic heterocycles. The lowest BCUT2D eigenvalue weighted by Crippen LogP contribution is -2.34. The van der Waals surface area contributed by atoms with Gasteiger partial charge in [0.25, 0.3) is 0 Å². The van der Waals surface area contributed by atoms with Gasteiger partial charge in [-0.05, 0) is 37.7 Å². The molecule has 214 valence electrons. The number of nitrogens with one attached hydrogen (secondary N) is 3. The molecule has 2 aliphatic rings. The van der Waals surface area contributed by atoms with Crippen LogP contribution in [0.25, 0.3) is 0 Å². The second-order valence-corrected chi connectivity index (χ2v) is 10.3. The van der Waals surface area contributed by atoms with E-state index in [9.17, 15) is 17.6 Å². The summed E-state index contributed by atoms with van der Waals surface area (Å²) in [7, 11) is 0. The van der Waals surface area contributed by atoms with Gasteiger partial charge in [0, 0.05) is 49.7 Å². The van der Waals surface area contributed by atoms with Crippen LogP contribution in [0.15, 0.2) is 34.7 Å². The number of rotatable bonds is 8. The Hall–Kier alpha value is -2.76. The van der Waals surface area contributed by atoms with Crippen molar-refractivity contribution < 1.29 is 17.6 Å². The van der Waals surface area contributed by atoms with E-state index < -0.39 is 11.8 Å². The van der Waals surface area contributed by atoms with E-state index in [4.69, 9.17) is 5.41 Å². The van der Waals surface area contributed by atoms with Crippen LogP contribution in [0.1, 0.15) is 89.9 Å². The molecule has 0 radical (unpaired) electrons. The van der Waals surface area contributed by atoms with Gasteiger partial charge in [0.15, 0.2) is 10.9 Å². The topological polar surface area (TPSA) is 98.9 Å². The van der Waals surface area contributed by atoms with Crippen molar-refractivity contribution in [3.05, 3.63) is 41.7 Å². The van der Waals surface area contributed by atoms with Gasteiger partial charge in [-0.1, -0.05) is 51.1 Å². The number of benzene rings is 1. The van der Waals surface area contributed by atoms with Crippen molar-refractivity contribution >= 4 is 34.6 Å². The molecular formula is C27H37F4N7S. The number of hydrogen-bond donors (Lipinski definition) is 3. The summed E-state index contributed by atoms with van der Waals surface area (Å²) < 4.78 is 58.9. The van der Waals surface area contributed by atoms with Gasteiger partial charge in [-0.25, -0.2) is 22.0 Å². The zero-order valence-corrected chi connectivity index (χ0v) is 23.4. The summed E-state index contributed by atoms with van der Waals surface area (Å²) in [6, 6.07) is 9.17. The first-order valence-corrected chi connectivity index (χ1v) is 14.3. The predicted octanol–water partition coefficient (Wildman–Crippen LogP) is 7.75. The Bertz CT molecular complexity index is 1050. The van der Waals surface area contributed by atoms with Crippen molar-refractivity contribution in [1.29, 1.82) is 5.41 Å². The first-order chi connectivity index (χ1) is 18.6. The minimum atomic E-state index is -2.66. The fraction of sp³-hybridized carbons (Fsp3) is 0.593. The zero-order chi connectivity index (χ0) is 28.5. The monoisotopic (exact) mass is 567 g/mol. The van der Waals surface area contributed by atoms with Gasteiger partial charge >= 0.3 is 0 Å². The lowest BCUT2D eigenvalue weighted by atomic mass is 9.92. The highest BCUT2D eigenvalue weighted by Gasteiger charge is 2.36. The van der Waals surface area contributed by atoms with E-state index in [1.54, 1.807) is 0 Å². The van der Waals surface area contributed by atoms with Crippen LogP contribution in [-0.2, 0) is 0 Å². The number of halogens is 4. The quantitative estimate of drug-likeness (QED) is 0.131. The second-order valence-electron chi connectivity index (χ2n) is 9.53. The molecule has 0 saturated heterocycles. The highest BCUT2D eigenvalue weighted by molar-refractivity contribution is 8.13. The minimum absolute atomic E-state index is 0.0132. The van der Waals surface area contributed by atoms with Crippen LogP contribution >= 0.6 is 11.9 Å². The minimum Gasteiger partial charge on any atom is -0.351 e. The van der Waals surface area contributed by atoms with Crippen molar-refractivity contribution in [3.8, 4) is 0 Å². The summed E-state index contributed by atoms with van der Waals surface area (Å²) in [6.45, 7) is 5.98. The third kappa shape index (κ3) is 9.44. The SMILES string of the molecule is CC.CC/C(=N\SC(=N)c1nc(NC2CCC(F)(F)CC2)nc(NC2CCC(F)(F)CC2)n1)c1ccccc1. The van der Waals surface area contributed by atoms with Crippen LogP contribution in [0.3, 0.4) is 0 Å². The van der Waals surface area contributed by atoms with E-state index in [0.29, 0.717) is 6.42 Å². The van der Waals surface area contributed by atoms with Gasteiger partial charge < -0.3 is 10.6 Å². The Morgan fingerprint density at radius 2 is 1.33 bits per heavy atom. The lowest BCUT2D eigenvalue weighted by Gasteiger charge is -2.30. The number of alkyl halides is 4. The number of aromatic nitrogens is 3. The van der Waals surface area contributed by atoms with Crippen LogP contribution in [0.5, 0.6) is 0 Å². The molecule has 2 saturated carbocycles. The van der Waals surface area contributed by atoms with Gasteiger partial charge in [0.1, 0.15) is 0 Å². The molecule has 0 unspecified atom stereocenters. The first-order valence-electron chi connectivity index (χ1n) is 13.6. The van der Waals surface area contributed by atoms with E-state index in [2.05, 4.69) is 30.0 Å². The Kier molecular flexibility index (Phi) is 11.1. The molecule has 0 atom stereocenters. The normalized spacial score (nSPS) is 19.5. The van der Waals surface area contributed by atoms with Gasteiger partial charge in [0.2, 0.25) is 23.7 Å². The Morgan fingerprint density at radius 1 is 0.872 bits per heavy atom. The Labute approximate surface area is 231 Å². The van der Waals surface area contributed by atoms with Crippen LogP contribution in [0, 0.1) is 5.41 Å². The molecule has 0 aliphatic heterocycles. The first kappa shape index (κ1) is 30.8. The van der Waals surface area contributed by atoms with Crippen LogP contribution in [0.4, 0.5) is 29.5 Å². The highest BCUT2D eigenvalue weighted by atomic mass is 32.2. The van der Waals surface area contributed by atoms with Gasteiger partial charge in [-0.3, -0.25) is 5.41 Å². The lowest BCUT2D eigenvalue weighted by molar-refractivity contribution is -0.0366. The fourth-order valence-electron chi connectivity index (χ4n) is 4.43. The molecule has 0 amide bonds. The molecule has 7 nitrogen and oxygen atoms in total. The molecule has 2 aromatic rings. The second kappa shape index (κ2) is 14.0. The van der Waals surface area contributed by atoms with Gasteiger partial charge in [-0.15, -0.1) is 0 Å². The maximum absolute atomic E-state index is 13.6. The highest BCUT2D eigenvalue weighted by Crippen LogP contribution is 2.35. The number of anilines is 2. The Balaban J connectivity index is 0.00000205. The fourth-order valence-corrected chi connectivity index (χ4v) is 5.04. The molecule has 2 fully saturated rings. The molecule has 1 aromatic carbocycles. The number of nitrogens with zero attached hydrogens (tertiary/aromatic N) is 4. The summed E-state index contributed by atoms with van der Waals surface area (Å²) in [5, 5.41) is 14.8. The molecule has 4 rings (SSSR count). The van der Waals surface area contributed by atoms with Gasteiger partial charge in [-0.2, -0.15) is 15.0 Å². The molecule has 3 N–H and O–H groups in total. The summed E-state index contributed by atoms with van der Waals surface area (Å²) in [6.07, 6.45) is 0.855. The van der Waals surface area contributed by atoms with E-state index in [-0.39, 0.29) is 86.2 Å². The van der Waals surface area contributed by atoms with Crippen molar-refractivity contribution in [2.45, 2.75) is 102 Å². The van der Waals surface area contributed by atoms with Crippen LogP contribution in [0.2, 0.25) is 0 Å². The average molecular weight is 568 g/mol. The molecule has 0 bridgehead atoms. The Morgan fingerprint density at radius 3 is 1.77 bits per heavy atom. The number of hydrogen-bond acceptors (Lipinski definition) is 8. The van der Waals surface area contributed by atoms with E-state index in [0.717, 1.165) is 23.2 Å². The van der Waals surface area contributed by atoms with Crippen molar-refractivity contribution in [1.82, 2.24) is 15.0 Å². The summed E-state index contributed by atoms with van der Waals surface area (Å²) in [4.78, 5) is 13.1. The molecule has 1 heterocycles. The summed E-state index contributed by atoms with van der Waals surface area (Å²) >= 11 is 0.931. The summed E-state index contributed by atoms with van der Waals surface area (Å²) in [5.41, 5.74) is 1.77.